The zero-order chi connectivity index (χ0) is 68.6. The third-order valence-corrected chi connectivity index (χ3v) is 16.8. The van der Waals surface area contributed by atoms with E-state index in [9.17, 15) is 58.5 Å². The van der Waals surface area contributed by atoms with E-state index in [4.69, 9.17) is 5.73 Å². The van der Waals surface area contributed by atoms with Gasteiger partial charge in [0.25, 0.3) is 0 Å². The van der Waals surface area contributed by atoms with Gasteiger partial charge in [-0.05, 0) is 90.3 Å². The second kappa shape index (κ2) is 32.2. The molecule has 0 saturated carbocycles. The number of carbonyl (C=O) groups is 11. The van der Waals surface area contributed by atoms with Crippen LogP contribution in [0.2, 0.25) is 0 Å². The molecule has 506 valence electrons. The second-order valence-corrected chi connectivity index (χ2v) is 24.4. The number of fused-ring (bicyclic) bond motifs is 2. The van der Waals surface area contributed by atoms with Crippen LogP contribution in [0.15, 0.2) is 122 Å². The van der Waals surface area contributed by atoms with Crippen LogP contribution in [-0.2, 0) is 84.8 Å². The van der Waals surface area contributed by atoms with Crippen LogP contribution in [-0.4, -0.2) is 179 Å². The summed E-state index contributed by atoms with van der Waals surface area (Å²) >= 11 is 0. The first-order chi connectivity index (χ1) is 46.1. The number of nitrogens with one attached hydrogen (secondary N) is 12. The van der Waals surface area contributed by atoms with Crippen molar-refractivity contribution < 1.29 is 68.1 Å². The Morgan fingerprint density at radius 3 is 1.55 bits per heavy atom. The molecule has 3 aromatic heterocycles. The molecule has 29 nitrogen and oxygen atoms in total. The molecule has 96 heavy (non-hydrogen) atoms. The molecule has 0 spiro atoms. The number of rotatable bonds is 31. The number of likely N-dealkylation sites (tertiary alicyclic amines) is 1. The van der Waals surface area contributed by atoms with Gasteiger partial charge in [0.1, 0.15) is 65.9 Å². The summed E-state index contributed by atoms with van der Waals surface area (Å²) in [5.41, 5.74) is 9.11. The van der Waals surface area contributed by atoms with Gasteiger partial charge in [-0.3, -0.25) is 52.7 Å². The summed E-state index contributed by atoms with van der Waals surface area (Å²) < 4.78 is 0. The minimum atomic E-state index is -1.80. The molecule has 0 aliphatic carbocycles. The minimum Gasteiger partial charge on any atom is -0.508 e. The molecule has 2 aliphatic heterocycles. The molecule has 2 saturated heterocycles. The molecule has 0 bridgehead atoms. The van der Waals surface area contributed by atoms with Gasteiger partial charge in [-0.15, -0.1) is 0 Å². The summed E-state index contributed by atoms with van der Waals surface area (Å²) in [6, 6.07) is 13.6. The maximum Gasteiger partial charge on any atom is 0.246 e. The number of aromatic nitrogens is 4. The number of nitrogens with zero attached hydrogens (tertiary/aromatic N) is 2. The predicted octanol–water partition coefficient (Wildman–Crippen LogP) is -0.400. The molecule has 0 radical (unpaired) electrons. The van der Waals surface area contributed by atoms with Crippen LogP contribution in [0.1, 0.15) is 73.9 Å². The highest BCUT2D eigenvalue weighted by atomic mass is 16.3. The molecule has 29 heteroatoms. The van der Waals surface area contributed by atoms with E-state index in [1.165, 1.54) is 53.8 Å². The standard InChI is InChI=1S/C67H79N15O14/c1-36(2)24-49(60(89)80-54(26-38-15-19-43(85)20-16-38)67(96)82-23-7-12-56(82)66(95)72-33-57(68)86)75-62(91)51(27-39-30-70-46-10-5-3-8-44(39)46)77-61(90)50(25-37-13-17-42(84)18-14-37)76-65(94)55(34-83)81-63(92)52(28-40-31-71-47-11-6-4-9-45(40)47)78-64(93)53(29-41-32-69-35-73-41)79-59(88)48-21-22-58(87)74-48/h3-6,8-11,13-20,30-32,35-36,48-56,70-71,83-85H,7,12,21-29,33-34H2,1-2H3,(H2,68,86)(H,69,73)(H,72,95)(H,74,87)(H,75,91)(H,76,94)(H,77,90)(H,78,93)(H,79,88)(H,80,89)(H,81,92)/t48-,49-,50-,51+,52-,53-,54-,55-,56-/m0/s1. The first-order valence-electron chi connectivity index (χ1n) is 31.6. The Labute approximate surface area is 550 Å². The maximum atomic E-state index is 15.1. The molecular formula is C67H79N15O14. The minimum absolute atomic E-state index is 0.0109. The van der Waals surface area contributed by atoms with Gasteiger partial charge in [-0.2, -0.15) is 0 Å². The van der Waals surface area contributed by atoms with Crippen molar-refractivity contribution in [2.24, 2.45) is 11.7 Å². The number of para-hydroxylation sites is 2. The van der Waals surface area contributed by atoms with Crippen molar-refractivity contribution in [3.05, 3.63) is 150 Å². The number of hydrogen-bond donors (Lipinski definition) is 16. The highest BCUT2D eigenvalue weighted by molar-refractivity contribution is 6.00. The number of amides is 11. The Hall–Kier alpha value is -11.1. The lowest BCUT2D eigenvalue weighted by molar-refractivity contribution is -0.142. The highest BCUT2D eigenvalue weighted by Crippen LogP contribution is 2.24. The van der Waals surface area contributed by atoms with Crippen LogP contribution in [0, 0.1) is 5.92 Å². The van der Waals surface area contributed by atoms with Crippen molar-refractivity contribution in [1.29, 1.82) is 0 Å². The molecule has 17 N–H and O–H groups in total. The fourth-order valence-corrected chi connectivity index (χ4v) is 11.8. The Bertz CT molecular complexity index is 3950. The van der Waals surface area contributed by atoms with E-state index in [2.05, 4.69) is 67.8 Å². The van der Waals surface area contributed by atoms with Crippen LogP contribution in [0.4, 0.5) is 0 Å². The van der Waals surface area contributed by atoms with E-state index in [1.54, 1.807) is 86.9 Å². The van der Waals surface area contributed by atoms with Crippen LogP contribution >= 0.6 is 0 Å². The fraction of sp³-hybridized carbons (Fsp3) is 0.373. The summed E-state index contributed by atoms with van der Waals surface area (Å²) in [5, 5.41) is 56.7. The maximum absolute atomic E-state index is 15.1. The first kappa shape index (κ1) is 69.2. The molecule has 2 aliphatic rings. The van der Waals surface area contributed by atoms with E-state index in [-0.39, 0.29) is 87.7 Å². The van der Waals surface area contributed by atoms with Gasteiger partial charge in [0, 0.05) is 85.5 Å². The average molecular weight is 1320 g/mol. The normalized spacial score (nSPS) is 16.6. The molecule has 0 unspecified atom stereocenters. The van der Waals surface area contributed by atoms with Crippen LogP contribution < -0.4 is 53.6 Å². The average Bonchev–Trinajstić information content (AvgIpc) is 1.66. The lowest BCUT2D eigenvalue weighted by atomic mass is 9.99. The number of phenolic OH excluding ortho intramolecular Hbond substituents is 2. The molecule has 9 atom stereocenters. The van der Waals surface area contributed by atoms with E-state index in [0.29, 0.717) is 56.2 Å². The first-order valence-corrected chi connectivity index (χ1v) is 31.6. The number of aliphatic hydroxyl groups is 1. The van der Waals surface area contributed by atoms with Gasteiger partial charge in [0.2, 0.25) is 65.0 Å². The summed E-state index contributed by atoms with van der Waals surface area (Å²) in [4.78, 5) is 169. The number of hydrogen-bond acceptors (Lipinski definition) is 15. The van der Waals surface area contributed by atoms with Gasteiger partial charge in [-0.25, -0.2) is 4.98 Å². The molecule has 11 amide bonds. The van der Waals surface area contributed by atoms with Gasteiger partial charge < -0.3 is 88.8 Å². The number of phenols is 2. The smallest absolute Gasteiger partial charge is 0.246 e. The summed E-state index contributed by atoms with van der Waals surface area (Å²) in [5.74, 6) is -8.97. The number of H-pyrrole nitrogens is 3. The zero-order valence-corrected chi connectivity index (χ0v) is 52.8. The van der Waals surface area contributed by atoms with Crippen molar-refractivity contribution in [2.75, 3.05) is 19.7 Å². The Morgan fingerprint density at radius 2 is 1.05 bits per heavy atom. The van der Waals surface area contributed by atoms with Crippen molar-refractivity contribution in [3.63, 3.8) is 0 Å². The Kier molecular flexibility index (Phi) is 23.2. The SMILES string of the molecule is CC(C)C[C@H](NC(=O)[C@@H](Cc1c[nH]c2ccccc12)NC(=O)[C@H](Cc1ccc(O)cc1)NC(=O)[C@H](CO)NC(=O)[C@H](Cc1c[nH]c2ccccc12)NC(=O)[C@H](Cc1c[nH]cn1)NC(=O)[C@@H]1CCC(=O)N1)C(=O)N[C@@H](Cc1ccc(O)cc1)C(=O)N1CCC[C@H]1C(=O)NCC(N)=O. The van der Waals surface area contributed by atoms with Crippen molar-refractivity contribution in [2.45, 2.75) is 132 Å². The third kappa shape index (κ3) is 18.4. The Morgan fingerprint density at radius 1 is 0.573 bits per heavy atom. The summed E-state index contributed by atoms with van der Waals surface area (Å²) in [7, 11) is 0. The van der Waals surface area contributed by atoms with Crippen LogP contribution in [0.5, 0.6) is 11.5 Å². The number of aromatic amines is 3. The largest absolute Gasteiger partial charge is 0.508 e. The fourth-order valence-electron chi connectivity index (χ4n) is 11.8. The van der Waals surface area contributed by atoms with Gasteiger partial charge in [0.05, 0.1) is 25.2 Å². The number of carbonyl (C=O) groups excluding carboxylic acids is 11. The van der Waals surface area contributed by atoms with Crippen molar-refractivity contribution in [3.8, 4) is 11.5 Å². The monoisotopic (exact) mass is 1320 g/mol. The molecule has 5 heterocycles. The van der Waals surface area contributed by atoms with Crippen molar-refractivity contribution >= 4 is 86.8 Å². The topological polar surface area (TPSA) is 446 Å². The van der Waals surface area contributed by atoms with E-state index < -0.39 is 127 Å². The van der Waals surface area contributed by atoms with Gasteiger partial charge in [-0.1, -0.05) is 74.5 Å². The van der Waals surface area contributed by atoms with Crippen LogP contribution in [0.3, 0.4) is 0 Å². The predicted molar refractivity (Wildman–Crippen MR) is 348 cm³/mol. The molecule has 7 aromatic rings. The summed E-state index contributed by atoms with van der Waals surface area (Å²) in [6.45, 7) is 2.23. The third-order valence-electron chi connectivity index (χ3n) is 16.8. The number of benzene rings is 4. The Balaban J connectivity index is 0.974. The molecule has 4 aromatic carbocycles. The number of aromatic hydroxyl groups is 2. The number of nitrogens with two attached hydrogens (primary N) is 1. The number of primary amides is 1. The lowest BCUT2D eigenvalue weighted by Crippen LogP contribution is -2.61. The highest BCUT2D eigenvalue weighted by Gasteiger charge is 2.40. The number of aliphatic hydroxyl groups excluding tert-OH is 1. The quantitative estimate of drug-likeness (QED) is 0.0263. The second-order valence-electron chi connectivity index (χ2n) is 24.4. The molecular weight excluding hydrogens is 1240 g/mol. The van der Waals surface area contributed by atoms with Gasteiger partial charge >= 0.3 is 0 Å². The van der Waals surface area contributed by atoms with E-state index >= 15 is 9.59 Å². The zero-order valence-electron chi connectivity index (χ0n) is 52.8. The molecule has 2 fully saturated rings. The van der Waals surface area contributed by atoms with Crippen LogP contribution in [0.25, 0.3) is 21.8 Å². The lowest BCUT2D eigenvalue weighted by Gasteiger charge is -2.31. The number of imidazole rings is 1. The van der Waals surface area contributed by atoms with Gasteiger partial charge in [0.15, 0.2) is 0 Å². The van der Waals surface area contributed by atoms with E-state index in [0.717, 1.165) is 0 Å². The van der Waals surface area contributed by atoms with E-state index in [1.807, 2.05) is 0 Å². The molecule has 9 rings (SSSR count). The van der Waals surface area contributed by atoms with Crippen molar-refractivity contribution in [1.82, 2.24) is 72.7 Å². The summed E-state index contributed by atoms with van der Waals surface area (Å²) in [6.07, 6.45) is 6.21.